The standard InChI is InChI=1S/C16H21F3N2O2.ClH/c17-16(18,19)11-23-10-13-5-3-12(4-6-13)9-21-15(22)8-14-2-1-7-20-14;/h3-6,14,20H,1-2,7-11H2,(H,21,22);1H. The van der Waals surface area contributed by atoms with Crippen LogP contribution >= 0.6 is 12.4 Å². The first kappa shape index (κ1) is 20.7. The largest absolute Gasteiger partial charge is 0.411 e. The van der Waals surface area contributed by atoms with Crippen molar-refractivity contribution in [3.63, 3.8) is 0 Å². The molecule has 0 aromatic heterocycles. The number of benzene rings is 1. The lowest BCUT2D eigenvalue weighted by atomic mass is 10.1. The van der Waals surface area contributed by atoms with Crippen molar-refractivity contribution < 1.29 is 22.7 Å². The maximum absolute atomic E-state index is 12.0. The Morgan fingerprint density at radius 1 is 1.25 bits per heavy atom. The van der Waals surface area contributed by atoms with Crippen molar-refractivity contribution in [3.05, 3.63) is 35.4 Å². The van der Waals surface area contributed by atoms with Gasteiger partial charge in [-0.25, -0.2) is 0 Å². The Kier molecular flexibility index (Phi) is 8.52. The molecule has 1 atom stereocenters. The highest BCUT2D eigenvalue weighted by molar-refractivity contribution is 5.85. The van der Waals surface area contributed by atoms with Crippen LogP contribution < -0.4 is 10.6 Å². The van der Waals surface area contributed by atoms with Crippen molar-refractivity contribution >= 4 is 18.3 Å². The van der Waals surface area contributed by atoms with E-state index in [1.165, 1.54) is 0 Å². The topological polar surface area (TPSA) is 50.4 Å². The van der Waals surface area contributed by atoms with Crippen molar-refractivity contribution in [1.82, 2.24) is 10.6 Å². The summed E-state index contributed by atoms with van der Waals surface area (Å²) in [7, 11) is 0. The van der Waals surface area contributed by atoms with Gasteiger partial charge in [-0.05, 0) is 30.5 Å². The van der Waals surface area contributed by atoms with Crippen LogP contribution in [0.4, 0.5) is 13.2 Å². The van der Waals surface area contributed by atoms with Gasteiger partial charge >= 0.3 is 6.18 Å². The lowest BCUT2D eigenvalue weighted by Crippen LogP contribution is -2.31. The Morgan fingerprint density at radius 3 is 2.50 bits per heavy atom. The molecule has 1 saturated heterocycles. The summed E-state index contributed by atoms with van der Waals surface area (Å²) >= 11 is 0. The van der Waals surface area contributed by atoms with E-state index in [1.54, 1.807) is 24.3 Å². The van der Waals surface area contributed by atoms with Gasteiger partial charge in [0.1, 0.15) is 6.61 Å². The molecule has 1 fully saturated rings. The normalized spacial score (nSPS) is 17.4. The molecule has 2 N–H and O–H groups in total. The predicted molar refractivity (Wildman–Crippen MR) is 86.9 cm³/mol. The second-order valence-electron chi connectivity index (χ2n) is 5.70. The molecular weight excluding hydrogens is 345 g/mol. The Morgan fingerprint density at radius 2 is 1.92 bits per heavy atom. The zero-order chi connectivity index (χ0) is 16.7. The van der Waals surface area contributed by atoms with Crippen LogP contribution in [0.1, 0.15) is 30.4 Å². The van der Waals surface area contributed by atoms with Gasteiger partial charge in [-0.15, -0.1) is 12.4 Å². The molecule has 24 heavy (non-hydrogen) atoms. The molecule has 1 aromatic rings. The molecule has 0 bridgehead atoms. The molecule has 1 heterocycles. The van der Waals surface area contributed by atoms with Gasteiger partial charge in [0, 0.05) is 19.0 Å². The number of halogens is 4. The summed E-state index contributed by atoms with van der Waals surface area (Å²) in [5, 5.41) is 6.12. The summed E-state index contributed by atoms with van der Waals surface area (Å²) < 4.78 is 40.5. The van der Waals surface area contributed by atoms with Crippen molar-refractivity contribution in [2.24, 2.45) is 0 Å². The molecule has 1 amide bonds. The highest BCUT2D eigenvalue weighted by Crippen LogP contribution is 2.16. The fourth-order valence-electron chi connectivity index (χ4n) is 2.47. The molecule has 2 rings (SSSR count). The first-order valence-electron chi connectivity index (χ1n) is 7.65. The minimum atomic E-state index is -4.31. The van der Waals surface area contributed by atoms with Crippen LogP contribution in [-0.4, -0.2) is 31.3 Å². The van der Waals surface area contributed by atoms with E-state index in [2.05, 4.69) is 15.4 Å². The third-order valence-electron chi connectivity index (χ3n) is 3.64. The minimum Gasteiger partial charge on any atom is -0.367 e. The lowest BCUT2D eigenvalue weighted by molar-refractivity contribution is -0.176. The first-order chi connectivity index (χ1) is 10.9. The number of alkyl halides is 3. The van der Waals surface area contributed by atoms with Crippen molar-refractivity contribution in [2.45, 2.75) is 44.6 Å². The molecular formula is C16H22ClF3N2O2. The second kappa shape index (κ2) is 9.86. The maximum atomic E-state index is 12.0. The Balaban J connectivity index is 0.00000288. The molecule has 136 valence electrons. The van der Waals surface area contributed by atoms with E-state index in [-0.39, 0.29) is 31.0 Å². The maximum Gasteiger partial charge on any atom is 0.411 e. The number of carbonyl (C=O) groups is 1. The second-order valence-corrected chi connectivity index (χ2v) is 5.70. The van der Waals surface area contributed by atoms with E-state index >= 15 is 0 Å². The van der Waals surface area contributed by atoms with Crippen LogP contribution in [0.15, 0.2) is 24.3 Å². The number of amides is 1. The molecule has 1 unspecified atom stereocenters. The predicted octanol–water partition coefficient (Wildman–Crippen LogP) is 2.95. The summed E-state index contributed by atoms with van der Waals surface area (Å²) in [6, 6.07) is 7.23. The Bertz CT molecular complexity index is 503. The molecule has 1 aliphatic heterocycles. The van der Waals surface area contributed by atoms with Crippen molar-refractivity contribution in [2.75, 3.05) is 13.2 Å². The van der Waals surface area contributed by atoms with E-state index in [9.17, 15) is 18.0 Å². The van der Waals surface area contributed by atoms with Gasteiger partial charge in [-0.2, -0.15) is 13.2 Å². The summed E-state index contributed by atoms with van der Waals surface area (Å²) in [4.78, 5) is 11.8. The number of rotatable bonds is 7. The highest BCUT2D eigenvalue weighted by Gasteiger charge is 2.27. The van der Waals surface area contributed by atoms with E-state index in [1.807, 2.05) is 0 Å². The quantitative estimate of drug-likeness (QED) is 0.780. The minimum absolute atomic E-state index is 0. The van der Waals surface area contributed by atoms with Crippen LogP contribution in [0.5, 0.6) is 0 Å². The molecule has 4 nitrogen and oxygen atoms in total. The lowest BCUT2D eigenvalue weighted by Gasteiger charge is -2.11. The van der Waals surface area contributed by atoms with Crippen LogP contribution in [0.25, 0.3) is 0 Å². The number of ether oxygens (including phenoxy) is 1. The van der Waals surface area contributed by atoms with Gasteiger partial charge in [0.25, 0.3) is 0 Å². The van der Waals surface area contributed by atoms with Gasteiger partial charge in [0.05, 0.1) is 6.61 Å². The summed E-state index contributed by atoms with van der Waals surface area (Å²) in [5.74, 6) is 0.00184. The number of hydrogen-bond donors (Lipinski definition) is 2. The number of hydrogen-bond acceptors (Lipinski definition) is 3. The molecule has 0 aliphatic carbocycles. The average molecular weight is 367 g/mol. The van der Waals surface area contributed by atoms with Crippen LogP contribution in [-0.2, 0) is 22.7 Å². The average Bonchev–Trinajstić information content (AvgIpc) is 2.98. The fraction of sp³-hybridized carbons (Fsp3) is 0.562. The van der Waals surface area contributed by atoms with Gasteiger partial charge < -0.3 is 15.4 Å². The highest BCUT2D eigenvalue weighted by atomic mass is 35.5. The molecule has 1 aliphatic rings. The van der Waals surface area contributed by atoms with Gasteiger partial charge in [-0.1, -0.05) is 24.3 Å². The molecule has 0 saturated carbocycles. The summed E-state index contributed by atoms with van der Waals surface area (Å²) in [6.07, 6.45) is -1.70. The molecule has 8 heteroatoms. The zero-order valence-electron chi connectivity index (χ0n) is 13.2. The molecule has 0 spiro atoms. The molecule has 1 aromatic carbocycles. The Labute approximate surface area is 145 Å². The molecule has 0 radical (unpaired) electrons. The smallest absolute Gasteiger partial charge is 0.367 e. The SMILES string of the molecule is Cl.O=C(CC1CCCN1)NCc1ccc(COCC(F)(F)F)cc1. The number of carbonyl (C=O) groups excluding carboxylic acids is 1. The monoisotopic (exact) mass is 366 g/mol. The van der Waals surface area contributed by atoms with E-state index in [4.69, 9.17) is 0 Å². The summed E-state index contributed by atoms with van der Waals surface area (Å²) in [5.41, 5.74) is 1.57. The van der Waals surface area contributed by atoms with Crippen molar-refractivity contribution in [1.29, 1.82) is 0 Å². The van der Waals surface area contributed by atoms with Crippen LogP contribution in [0.2, 0.25) is 0 Å². The summed E-state index contributed by atoms with van der Waals surface area (Å²) in [6.45, 7) is 0.0462. The van der Waals surface area contributed by atoms with Gasteiger partial charge in [0.2, 0.25) is 5.91 Å². The third-order valence-corrected chi connectivity index (χ3v) is 3.64. The first-order valence-corrected chi connectivity index (χ1v) is 7.65. The van der Waals surface area contributed by atoms with E-state index < -0.39 is 12.8 Å². The third kappa shape index (κ3) is 7.99. The zero-order valence-corrected chi connectivity index (χ0v) is 14.0. The van der Waals surface area contributed by atoms with Crippen molar-refractivity contribution in [3.8, 4) is 0 Å². The van der Waals surface area contributed by atoms with Gasteiger partial charge in [-0.3, -0.25) is 4.79 Å². The van der Waals surface area contributed by atoms with Crippen LogP contribution in [0.3, 0.4) is 0 Å². The van der Waals surface area contributed by atoms with Gasteiger partial charge in [0.15, 0.2) is 0 Å². The van der Waals surface area contributed by atoms with E-state index in [0.29, 0.717) is 18.5 Å². The fourth-order valence-corrected chi connectivity index (χ4v) is 2.47. The van der Waals surface area contributed by atoms with Crippen LogP contribution in [0, 0.1) is 0 Å². The Hall–Kier alpha value is -1.31. The van der Waals surface area contributed by atoms with E-state index in [0.717, 1.165) is 24.9 Å². The number of nitrogens with one attached hydrogen (secondary N) is 2.